The molecule has 4 aromatic rings. The Morgan fingerprint density at radius 1 is 0.968 bits per heavy atom. The van der Waals surface area contributed by atoms with Crippen LogP contribution in [0, 0.1) is 25.6 Å². The van der Waals surface area contributed by atoms with E-state index in [1.807, 2.05) is 26.0 Å². The minimum Gasteiger partial charge on any atom is -0.350 e. The molecule has 160 valence electrons. The largest absolute Gasteiger partial charge is 0.350 e. The summed E-state index contributed by atoms with van der Waals surface area (Å²) >= 11 is 0. The Morgan fingerprint density at radius 3 is 2.52 bits per heavy atom. The van der Waals surface area contributed by atoms with Crippen molar-refractivity contribution in [3.8, 4) is 0 Å². The monoisotopic (exact) mass is 439 g/mol. The normalized spacial score (nSPS) is 13.2. The molecule has 0 N–H and O–H groups in total. The summed E-state index contributed by atoms with van der Waals surface area (Å²) in [6.45, 7) is 6.03. The van der Waals surface area contributed by atoms with Gasteiger partial charge in [0.15, 0.2) is 5.82 Å². The number of nitrogens with zero attached hydrogens (tertiary/aromatic N) is 3. The first kappa shape index (κ1) is 21.3. The van der Waals surface area contributed by atoms with E-state index < -0.39 is 5.95 Å². The van der Waals surface area contributed by atoms with Gasteiger partial charge < -0.3 is 9.47 Å². The molecule has 0 bridgehead atoms. The molecule has 5 rings (SSSR count). The summed E-state index contributed by atoms with van der Waals surface area (Å²) in [7, 11) is 0. The molecular formula is C25H24ClF2N3. The van der Waals surface area contributed by atoms with Crippen LogP contribution in [0.1, 0.15) is 27.9 Å². The second-order valence-electron chi connectivity index (χ2n) is 8.03. The van der Waals surface area contributed by atoms with E-state index in [2.05, 4.69) is 32.7 Å². The van der Waals surface area contributed by atoms with Crippen LogP contribution in [0.2, 0.25) is 0 Å². The maximum atomic E-state index is 14.6. The lowest BCUT2D eigenvalue weighted by molar-refractivity contribution is 0.580. The number of pyridine rings is 1. The average Bonchev–Trinajstić information content (AvgIpc) is 2.98. The van der Waals surface area contributed by atoms with E-state index in [0.717, 1.165) is 40.7 Å². The Kier molecular flexibility index (Phi) is 5.71. The highest BCUT2D eigenvalue weighted by Gasteiger charge is 2.24. The fourth-order valence-electron chi connectivity index (χ4n) is 4.52. The highest BCUT2D eigenvalue weighted by Crippen LogP contribution is 2.35. The van der Waals surface area contributed by atoms with Gasteiger partial charge in [-0.2, -0.15) is 4.39 Å². The van der Waals surface area contributed by atoms with E-state index >= 15 is 0 Å². The lowest BCUT2D eigenvalue weighted by Crippen LogP contribution is -2.31. The first-order valence-corrected chi connectivity index (χ1v) is 10.2. The van der Waals surface area contributed by atoms with Crippen molar-refractivity contribution in [1.82, 2.24) is 9.55 Å². The highest BCUT2D eigenvalue weighted by molar-refractivity contribution is 5.93. The van der Waals surface area contributed by atoms with Gasteiger partial charge in [0.1, 0.15) is 5.82 Å². The fraction of sp³-hybridized carbons (Fsp3) is 0.240. The number of benzene rings is 2. The average molecular weight is 440 g/mol. The SMILES string of the molecule is Cc1c(C)n(Cc2cccc(F)c2)c2c(N3CCc4ccccc4C3)nc(F)cc12.Cl. The van der Waals surface area contributed by atoms with E-state index in [0.29, 0.717) is 18.9 Å². The molecule has 2 aromatic heterocycles. The fourth-order valence-corrected chi connectivity index (χ4v) is 4.52. The van der Waals surface area contributed by atoms with Gasteiger partial charge in [0.05, 0.1) is 5.52 Å². The molecule has 0 atom stereocenters. The van der Waals surface area contributed by atoms with Crippen LogP contribution in [-0.4, -0.2) is 16.1 Å². The molecule has 0 unspecified atom stereocenters. The van der Waals surface area contributed by atoms with Crippen LogP contribution >= 0.6 is 12.4 Å². The first-order valence-electron chi connectivity index (χ1n) is 10.2. The topological polar surface area (TPSA) is 21.1 Å². The maximum Gasteiger partial charge on any atom is 0.215 e. The molecule has 31 heavy (non-hydrogen) atoms. The van der Waals surface area contributed by atoms with Crippen molar-refractivity contribution in [2.45, 2.75) is 33.4 Å². The van der Waals surface area contributed by atoms with Gasteiger partial charge in [-0.25, -0.2) is 9.37 Å². The third kappa shape index (κ3) is 3.79. The molecule has 3 nitrogen and oxygen atoms in total. The van der Waals surface area contributed by atoms with Gasteiger partial charge >= 0.3 is 0 Å². The number of hydrogen-bond donors (Lipinski definition) is 0. The van der Waals surface area contributed by atoms with E-state index in [1.54, 1.807) is 12.1 Å². The Morgan fingerprint density at radius 2 is 1.74 bits per heavy atom. The van der Waals surface area contributed by atoms with E-state index in [9.17, 15) is 8.78 Å². The van der Waals surface area contributed by atoms with Crippen LogP contribution in [0.3, 0.4) is 0 Å². The van der Waals surface area contributed by atoms with E-state index in [-0.39, 0.29) is 18.2 Å². The molecule has 0 radical (unpaired) electrons. The number of rotatable bonds is 3. The van der Waals surface area contributed by atoms with E-state index in [1.165, 1.54) is 23.3 Å². The number of halogens is 3. The summed E-state index contributed by atoms with van der Waals surface area (Å²) in [5, 5.41) is 0.866. The van der Waals surface area contributed by atoms with Gasteiger partial charge in [0.2, 0.25) is 5.95 Å². The van der Waals surface area contributed by atoms with Crippen molar-refractivity contribution in [2.24, 2.45) is 0 Å². The highest BCUT2D eigenvalue weighted by atomic mass is 35.5. The molecule has 0 saturated carbocycles. The van der Waals surface area contributed by atoms with Crippen LogP contribution in [0.5, 0.6) is 0 Å². The summed E-state index contributed by atoms with van der Waals surface area (Å²) in [5.41, 5.74) is 6.44. The summed E-state index contributed by atoms with van der Waals surface area (Å²) in [5.74, 6) is -0.0650. The minimum atomic E-state index is -0.470. The quantitative estimate of drug-likeness (QED) is 0.367. The van der Waals surface area contributed by atoms with Crippen molar-refractivity contribution in [2.75, 3.05) is 11.4 Å². The molecule has 2 aromatic carbocycles. The number of aromatic nitrogens is 2. The third-order valence-corrected chi connectivity index (χ3v) is 6.22. The predicted molar refractivity (Wildman–Crippen MR) is 123 cm³/mol. The van der Waals surface area contributed by atoms with Gasteiger partial charge in [-0.3, -0.25) is 0 Å². The molecule has 6 heteroatoms. The van der Waals surface area contributed by atoms with Crippen molar-refractivity contribution in [1.29, 1.82) is 0 Å². The van der Waals surface area contributed by atoms with Crippen molar-refractivity contribution in [3.63, 3.8) is 0 Å². The zero-order chi connectivity index (χ0) is 20.8. The molecule has 1 aliphatic rings. The minimum absolute atomic E-state index is 0. The zero-order valence-electron chi connectivity index (χ0n) is 17.5. The Bertz CT molecular complexity index is 1270. The smallest absolute Gasteiger partial charge is 0.215 e. The van der Waals surface area contributed by atoms with Crippen molar-refractivity contribution in [3.05, 3.63) is 94.3 Å². The van der Waals surface area contributed by atoms with Gasteiger partial charge in [0.25, 0.3) is 0 Å². The van der Waals surface area contributed by atoms with Gasteiger partial charge in [-0.15, -0.1) is 12.4 Å². The number of hydrogen-bond acceptors (Lipinski definition) is 2. The van der Waals surface area contributed by atoms with Crippen LogP contribution < -0.4 is 4.90 Å². The van der Waals surface area contributed by atoms with Gasteiger partial charge in [-0.1, -0.05) is 36.4 Å². The molecule has 0 aliphatic carbocycles. The standard InChI is InChI=1S/C25H23F2N3.ClH/c1-16-17(2)30(14-18-6-5-9-21(26)12-18)24-22(16)13-23(27)28-25(24)29-11-10-19-7-3-4-8-20(19)15-29;/h3-9,12-13H,10-11,14-15H2,1-2H3;1H. The van der Waals surface area contributed by atoms with Crippen LogP contribution in [-0.2, 0) is 19.5 Å². The molecule has 0 amide bonds. The second kappa shape index (κ2) is 8.31. The lowest BCUT2D eigenvalue weighted by atomic mass is 10.00. The molecule has 0 saturated heterocycles. The lowest BCUT2D eigenvalue weighted by Gasteiger charge is -2.30. The Hall–Kier alpha value is -2.92. The molecule has 0 fully saturated rings. The Labute approximate surface area is 186 Å². The summed E-state index contributed by atoms with van der Waals surface area (Å²) in [6.07, 6.45) is 0.901. The number of anilines is 1. The van der Waals surface area contributed by atoms with E-state index in [4.69, 9.17) is 0 Å². The molecule has 1 aliphatic heterocycles. The van der Waals surface area contributed by atoms with Gasteiger partial charge in [0, 0.05) is 36.8 Å². The second-order valence-corrected chi connectivity index (χ2v) is 8.03. The number of aryl methyl sites for hydroxylation is 1. The third-order valence-electron chi connectivity index (χ3n) is 6.22. The van der Waals surface area contributed by atoms with Crippen molar-refractivity contribution < 1.29 is 8.78 Å². The van der Waals surface area contributed by atoms with Crippen LogP contribution in [0.25, 0.3) is 10.9 Å². The van der Waals surface area contributed by atoms with Crippen LogP contribution in [0.15, 0.2) is 54.6 Å². The van der Waals surface area contributed by atoms with Crippen LogP contribution in [0.4, 0.5) is 14.6 Å². The summed E-state index contributed by atoms with van der Waals surface area (Å²) in [6, 6.07) is 16.5. The first-order chi connectivity index (χ1) is 14.5. The number of fused-ring (bicyclic) bond motifs is 2. The maximum absolute atomic E-state index is 14.6. The summed E-state index contributed by atoms with van der Waals surface area (Å²) in [4.78, 5) is 6.50. The summed E-state index contributed by atoms with van der Waals surface area (Å²) < 4.78 is 30.5. The Balaban J connectivity index is 0.00000231. The van der Waals surface area contributed by atoms with Crippen molar-refractivity contribution >= 4 is 29.1 Å². The molecular weight excluding hydrogens is 416 g/mol. The zero-order valence-corrected chi connectivity index (χ0v) is 18.3. The molecule has 3 heterocycles. The predicted octanol–water partition coefficient (Wildman–Crippen LogP) is 5.96. The molecule has 0 spiro atoms. The van der Waals surface area contributed by atoms with Gasteiger partial charge in [-0.05, 0) is 54.7 Å².